The largest absolute Gasteiger partial charge is 0.481 e. The van der Waals surface area contributed by atoms with Crippen LogP contribution in [0.25, 0.3) is 0 Å². The van der Waals surface area contributed by atoms with Crippen molar-refractivity contribution in [3.05, 3.63) is 64.4 Å². The molecule has 0 unspecified atom stereocenters. The molecule has 0 aliphatic heterocycles. The number of nitrogens with one attached hydrogen (secondary N) is 1. The van der Waals surface area contributed by atoms with Crippen molar-refractivity contribution in [2.24, 2.45) is 0 Å². The minimum atomic E-state index is -0.443. The van der Waals surface area contributed by atoms with Crippen molar-refractivity contribution >= 4 is 21.8 Å². The van der Waals surface area contributed by atoms with Gasteiger partial charge in [-0.3, -0.25) is 4.79 Å². The summed E-state index contributed by atoms with van der Waals surface area (Å²) >= 11 is 3.35. The van der Waals surface area contributed by atoms with Crippen LogP contribution in [-0.2, 0) is 0 Å². The van der Waals surface area contributed by atoms with Crippen LogP contribution in [0.3, 0.4) is 0 Å². The SMILES string of the molecule is O=C(NCC#CCOc1cccc(Br)c1)c1cccc(F)c1. The van der Waals surface area contributed by atoms with Crippen LogP contribution >= 0.6 is 15.9 Å². The molecule has 0 heterocycles. The zero-order chi connectivity index (χ0) is 15.8. The Morgan fingerprint density at radius 1 is 1.18 bits per heavy atom. The highest BCUT2D eigenvalue weighted by Gasteiger charge is 2.04. The van der Waals surface area contributed by atoms with Crippen LogP contribution in [0.1, 0.15) is 10.4 Å². The van der Waals surface area contributed by atoms with Crippen LogP contribution in [0, 0.1) is 17.7 Å². The highest BCUT2D eigenvalue weighted by Crippen LogP contribution is 2.17. The molecule has 0 aliphatic rings. The molecular weight excluding hydrogens is 349 g/mol. The van der Waals surface area contributed by atoms with Gasteiger partial charge in [0.1, 0.15) is 18.2 Å². The van der Waals surface area contributed by atoms with E-state index in [9.17, 15) is 9.18 Å². The van der Waals surface area contributed by atoms with Gasteiger partial charge in [-0.15, -0.1) is 0 Å². The fourth-order valence-electron chi connectivity index (χ4n) is 1.65. The molecule has 3 nitrogen and oxygen atoms in total. The van der Waals surface area contributed by atoms with Gasteiger partial charge in [0.05, 0.1) is 6.54 Å². The smallest absolute Gasteiger partial charge is 0.252 e. The monoisotopic (exact) mass is 361 g/mol. The van der Waals surface area contributed by atoms with Gasteiger partial charge in [-0.05, 0) is 36.4 Å². The van der Waals surface area contributed by atoms with E-state index in [0.717, 1.165) is 4.47 Å². The number of amides is 1. The minimum Gasteiger partial charge on any atom is -0.481 e. The van der Waals surface area contributed by atoms with Crippen LogP contribution in [0.15, 0.2) is 53.0 Å². The zero-order valence-electron chi connectivity index (χ0n) is 11.6. The normalized spacial score (nSPS) is 9.55. The molecule has 0 bridgehead atoms. The average molecular weight is 362 g/mol. The Labute approximate surface area is 136 Å². The van der Waals surface area contributed by atoms with Gasteiger partial charge in [-0.2, -0.15) is 0 Å². The number of hydrogen-bond donors (Lipinski definition) is 1. The Morgan fingerprint density at radius 3 is 2.77 bits per heavy atom. The Hall–Kier alpha value is -2.32. The van der Waals surface area contributed by atoms with Crippen molar-refractivity contribution < 1.29 is 13.9 Å². The lowest BCUT2D eigenvalue weighted by Gasteiger charge is -2.02. The molecule has 22 heavy (non-hydrogen) atoms. The summed E-state index contributed by atoms with van der Waals surface area (Å²) < 4.78 is 19.3. The number of benzene rings is 2. The van der Waals surface area contributed by atoms with E-state index >= 15 is 0 Å². The van der Waals surface area contributed by atoms with E-state index < -0.39 is 5.82 Å². The van der Waals surface area contributed by atoms with E-state index in [1.54, 1.807) is 6.07 Å². The lowest BCUT2D eigenvalue weighted by molar-refractivity contribution is 0.0958. The summed E-state index contributed by atoms with van der Waals surface area (Å²) in [6.07, 6.45) is 0. The minimum absolute atomic E-state index is 0.178. The maximum Gasteiger partial charge on any atom is 0.252 e. The van der Waals surface area contributed by atoms with Gasteiger partial charge in [0.2, 0.25) is 0 Å². The molecule has 112 valence electrons. The predicted molar refractivity (Wildman–Crippen MR) is 86.1 cm³/mol. The van der Waals surface area contributed by atoms with E-state index in [2.05, 4.69) is 33.1 Å². The van der Waals surface area contributed by atoms with Crippen LogP contribution in [0.5, 0.6) is 5.75 Å². The van der Waals surface area contributed by atoms with Gasteiger partial charge in [0.15, 0.2) is 0 Å². The first-order valence-electron chi connectivity index (χ1n) is 6.53. The van der Waals surface area contributed by atoms with Gasteiger partial charge in [-0.1, -0.05) is 39.9 Å². The van der Waals surface area contributed by atoms with Gasteiger partial charge in [0, 0.05) is 10.0 Å². The highest BCUT2D eigenvalue weighted by atomic mass is 79.9. The Kier molecular flexibility index (Phi) is 5.99. The van der Waals surface area contributed by atoms with Crippen LogP contribution < -0.4 is 10.1 Å². The third kappa shape index (κ3) is 5.23. The van der Waals surface area contributed by atoms with Crippen molar-refractivity contribution in [3.63, 3.8) is 0 Å². The standard InChI is InChI=1S/C17H13BrFNO2/c18-14-6-4-8-16(12-14)22-10-2-1-9-20-17(21)13-5-3-7-15(19)11-13/h3-8,11-12H,9-10H2,(H,20,21). The summed E-state index contributed by atoms with van der Waals surface area (Å²) in [6, 6.07) is 12.9. The van der Waals surface area contributed by atoms with Crippen molar-refractivity contribution in [2.75, 3.05) is 13.2 Å². The van der Waals surface area contributed by atoms with Crippen LogP contribution in [0.4, 0.5) is 4.39 Å². The first-order valence-corrected chi connectivity index (χ1v) is 7.32. The van der Waals surface area contributed by atoms with Crippen molar-refractivity contribution in [1.82, 2.24) is 5.32 Å². The maximum atomic E-state index is 13.0. The zero-order valence-corrected chi connectivity index (χ0v) is 13.2. The molecule has 2 rings (SSSR count). The molecule has 0 aromatic heterocycles. The molecule has 5 heteroatoms. The van der Waals surface area contributed by atoms with E-state index in [0.29, 0.717) is 5.75 Å². The summed E-state index contributed by atoms with van der Waals surface area (Å²) in [5, 5.41) is 2.59. The first kappa shape index (κ1) is 16.1. The fourth-order valence-corrected chi connectivity index (χ4v) is 2.02. The number of hydrogen-bond acceptors (Lipinski definition) is 2. The highest BCUT2D eigenvalue weighted by molar-refractivity contribution is 9.10. The summed E-state index contributed by atoms with van der Waals surface area (Å²) in [7, 11) is 0. The molecule has 0 radical (unpaired) electrons. The predicted octanol–water partition coefficient (Wildman–Crippen LogP) is 3.40. The van der Waals surface area contributed by atoms with E-state index in [-0.39, 0.29) is 24.6 Å². The third-order valence-corrected chi connectivity index (χ3v) is 3.15. The molecule has 0 aliphatic carbocycles. The van der Waals surface area contributed by atoms with Crippen molar-refractivity contribution in [3.8, 4) is 17.6 Å². The molecule has 0 saturated carbocycles. The molecule has 1 N–H and O–H groups in total. The van der Waals surface area contributed by atoms with Crippen LogP contribution in [0.2, 0.25) is 0 Å². The maximum absolute atomic E-state index is 13.0. The summed E-state index contributed by atoms with van der Waals surface area (Å²) in [4.78, 5) is 11.7. The Bertz CT molecular complexity index is 722. The molecule has 0 spiro atoms. The molecule has 0 atom stereocenters. The number of rotatable bonds is 4. The lowest BCUT2D eigenvalue weighted by Crippen LogP contribution is -2.23. The van der Waals surface area contributed by atoms with Gasteiger partial charge < -0.3 is 10.1 Å². The van der Waals surface area contributed by atoms with Crippen LogP contribution in [-0.4, -0.2) is 19.1 Å². The number of carbonyl (C=O) groups excluding carboxylic acids is 1. The first-order chi connectivity index (χ1) is 10.6. The molecule has 0 saturated heterocycles. The summed E-state index contributed by atoms with van der Waals surface area (Å²) in [5.41, 5.74) is 0.271. The molecule has 0 fully saturated rings. The summed E-state index contributed by atoms with van der Waals surface area (Å²) in [6.45, 7) is 0.406. The van der Waals surface area contributed by atoms with E-state index in [4.69, 9.17) is 4.74 Å². The molecule has 1 amide bonds. The quantitative estimate of drug-likeness (QED) is 0.847. The number of ether oxygens (including phenoxy) is 1. The number of halogens is 2. The molecular formula is C17H13BrFNO2. The molecule has 2 aromatic carbocycles. The Morgan fingerprint density at radius 2 is 2.00 bits per heavy atom. The molecule has 2 aromatic rings. The second-order valence-corrected chi connectivity index (χ2v) is 5.21. The average Bonchev–Trinajstić information content (AvgIpc) is 2.50. The van der Waals surface area contributed by atoms with Crippen molar-refractivity contribution in [2.45, 2.75) is 0 Å². The van der Waals surface area contributed by atoms with E-state index in [1.165, 1.54) is 18.2 Å². The second-order valence-electron chi connectivity index (χ2n) is 4.29. The van der Waals surface area contributed by atoms with Gasteiger partial charge >= 0.3 is 0 Å². The number of carbonyl (C=O) groups is 1. The fraction of sp³-hybridized carbons (Fsp3) is 0.118. The Balaban J connectivity index is 1.74. The lowest BCUT2D eigenvalue weighted by atomic mass is 10.2. The third-order valence-electron chi connectivity index (χ3n) is 2.66. The topological polar surface area (TPSA) is 38.3 Å². The summed E-state index contributed by atoms with van der Waals surface area (Å²) in [5.74, 6) is 5.48. The second kappa shape index (κ2) is 8.20. The van der Waals surface area contributed by atoms with E-state index in [1.807, 2.05) is 24.3 Å². The van der Waals surface area contributed by atoms with Gasteiger partial charge in [-0.25, -0.2) is 4.39 Å². The van der Waals surface area contributed by atoms with Gasteiger partial charge in [0.25, 0.3) is 5.91 Å². The van der Waals surface area contributed by atoms with Crippen molar-refractivity contribution in [1.29, 1.82) is 0 Å².